The van der Waals surface area contributed by atoms with Crippen molar-refractivity contribution in [2.75, 3.05) is 14.1 Å². The minimum Gasteiger partial charge on any atom is -0.352 e. The van der Waals surface area contributed by atoms with Crippen molar-refractivity contribution in [1.29, 1.82) is 0 Å². The fourth-order valence-corrected chi connectivity index (χ4v) is 3.22. The van der Waals surface area contributed by atoms with Crippen LogP contribution >= 0.6 is 11.3 Å². The Kier molecular flexibility index (Phi) is 6.54. The van der Waals surface area contributed by atoms with Crippen molar-refractivity contribution in [3.05, 3.63) is 58.8 Å². The second-order valence-electron chi connectivity index (χ2n) is 6.52. The standard InChI is InChI=1S/C20H22N4O3S/c1-24(2)20(26)15-10-8-14(9-11-15)13-21-17(25)6-3-7-18-22-19(23-27-18)16-5-4-12-28-16/h4-5,8-12H,3,6-7,13H2,1-2H3,(H,21,25). The number of nitrogens with zero attached hydrogens (tertiary/aromatic N) is 3. The van der Waals surface area contributed by atoms with Crippen LogP contribution in [0.5, 0.6) is 0 Å². The molecule has 2 heterocycles. The Bertz CT molecular complexity index is 917. The van der Waals surface area contributed by atoms with Crippen LogP contribution in [0, 0.1) is 0 Å². The molecule has 0 aliphatic heterocycles. The Morgan fingerprint density at radius 1 is 1.18 bits per heavy atom. The molecule has 28 heavy (non-hydrogen) atoms. The predicted molar refractivity (Wildman–Crippen MR) is 107 cm³/mol. The molecule has 0 saturated carbocycles. The molecule has 7 nitrogen and oxygen atoms in total. The lowest BCUT2D eigenvalue weighted by Gasteiger charge is -2.10. The number of rotatable bonds is 8. The van der Waals surface area contributed by atoms with Crippen molar-refractivity contribution >= 4 is 23.2 Å². The van der Waals surface area contributed by atoms with Crippen molar-refractivity contribution < 1.29 is 14.1 Å². The van der Waals surface area contributed by atoms with Crippen LogP contribution < -0.4 is 5.32 Å². The van der Waals surface area contributed by atoms with Crippen molar-refractivity contribution in [1.82, 2.24) is 20.4 Å². The summed E-state index contributed by atoms with van der Waals surface area (Å²) < 4.78 is 5.23. The van der Waals surface area contributed by atoms with Crippen LogP contribution in [-0.4, -0.2) is 41.0 Å². The minimum absolute atomic E-state index is 0.0357. The van der Waals surface area contributed by atoms with E-state index >= 15 is 0 Å². The van der Waals surface area contributed by atoms with Gasteiger partial charge in [0, 0.05) is 39.0 Å². The zero-order valence-electron chi connectivity index (χ0n) is 15.8. The third kappa shape index (κ3) is 5.26. The Hall–Kier alpha value is -3.00. The smallest absolute Gasteiger partial charge is 0.253 e. The molecule has 0 aliphatic carbocycles. The van der Waals surface area contributed by atoms with E-state index in [-0.39, 0.29) is 11.8 Å². The van der Waals surface area contributed by atoms with E-state index in [0.29, 0.717) is 43.1 Å². The molecule has 0 spiro atoms. The second kappa shape index (κ2) is 9.27. The Labute approximate surface area is 167 Å². The van der Waals surface area contributed by atoms with Gasteiger partial charge in [-0.1, -0.05) is 23.4 Å². The first-order valence-corrected chi connectivity index (χ1v) is 9.84. The summed E-state index contributed by atoms with van der Waals surface area (Å²) in [6, 6.07) is 11.1. The summed E-state index contributed by atoms with van der Waals surface area (Å²) in [6.07, 6.45) is 1.58. The molecular weight excluding hydrogens is 376 g/mol. The molecule has 0 fully saturated rings. The summed E-state index contributed by atoms with van der Waals surface area (Å²) in [5.41, 5.74) is 1.57. The van der Waals surface area contributed by atoms with Gasteiger partial charge in [0.05, 0.1) is 4.88 Å². The number of aromatic nitrogens is 2. The summed E-state index contributed by atoms with van der Waals surface area (Å²) in [4.78, 5) is 30.7. The lowest BCUT2D eigenvalue weighted by atomic mass is 10.1. The van der Waals surface area contributed by atoms with E-state index in [4.69, 9.17) is 4.52 Å². The summed E-state index contributed by atoms with van der Waals surface area (Å²) in [5.74, 6) is 1.05. The summed E-state index contributed by atoms with van der Waals surface area (Å²) in [6.45, 7) is 0.429. The highest BCUT2D eigenvalue weighted by Crippen LogP contribution is 2.21. The van der Waals surface area contributed by atoms with Crippen LogP contribution in [-0.2, 0) is 17.8 Å². The van der Waals surface area contributed by atoms with Gasteiger partial charge in [0.25, 0.3) is 5.91 Å². The van der Waals surface area contributed by atoms with Crippen molar-refractivity contribution in [3.63, 3.8) is 0 Å². The molecule has 146 valence electrons. The molecule has 1 aromatic carbocycles. The number of nitrogens with one attached hydrogen (secondary N) is 1. The number of hydrogen-bond donors (Lipinski definition) is 1. The van der Waals surface area contributed by atoms with Gasteiger partial charge in [-0.25, -0.2) is 0 Å². The molecule has 0 radical (unpaired) electrons. The number of thiophene rings is 1. The number of carbonyl (C=O) groups is 2. The van der Waals surface area contributed by atoms with Gasteiger partial charge >= 0.3 is 0 Å². The molecule has 0 bridgehead atoms. The monoisotopic (exact) mass is 398 g/mol. The number of hydrogen-bond acceptors (Lipinski definition) is 6. The number of amides is 2. The molecule has 3 aromatic rings. The Morgan fingerprint density at radius 2 is 1.96 bits per heavy atom. The van der Waals surface area contributed by atoms with Gasteiger partial charge < -0.3 is 14.7 Å². The first-order valence-electron chi connectivity index (χ1n) is 8.96. The van der Waals surface area contributed by atoms with E-state index in [1.165, 1.54) is 4.90 Å². The molecule has 2 aromatic heterocycles. The van der Waals surface area contributed by atoms with Crippen LogP contribution in [0.25, 0.3) is 10.7 Å². The average molecular weight is 398 g/mol. The molecule has 1 N–H and O–H groups in total. The maximum Gasteiger partial charge on any atom is 0.253 e. The summed E-state index contributed by atoms with van der Waals surface area (Å²) in [5, 5.41) is 8.81. The third-order valence-electron chi connectivity index (χ3n) is 4.10. The topological polar surface area (TPSA) is 88.3 Å². The fraction of sp³-hybridized carbons (Fsp3) is 0.300. The zero-order chi connectivity index (χ0) is 19.9. The predicted octanol–water partition coefficient (Wildman–Crippen LogP) is 3.14. The van der Waals surface area contributed by atoms with E-state index in [9.17, 15) is 9.59 Å². The van der Waals surface area contributed by atoms with Crippen LogP contribution in [0.15, 0.2) is 46.3 Å². The van der Waals surface area contributed by atoms with E-state index < -0.39 is 0 Å². The van der Waals surface area contributed by atoms with E-state index in [1.54, 1.807) is 37.6 Å². The molecule has 0 saturated heterocycles. The Balaban J connectivity index is 1.39. The molecule has 0 atom stereocenters. The highest BCUT2D eigenvalue weighted by Gasteiger charge is 2.11. The van der Waals surface area contributed by atoms with Gasteiger partial charge in [0.2, 0.25) is 17.6 Å². The SMILES string of the molecule is CN(C)C(=O)c1ccc(CNC(=O)CCCc2nc(-c3cccs3)no2)cc1. The van der Waals surface area contributed by atoms with Gasteiger partial charge in [-0.2, -0.15) is 4.98 Å². The second-order valence-corrected chi connectivity index (χ2v) is 7.46. The maximum absolute atomic E-state index is 12.0. The fourth-order valence-electron chi connectivity index (χ4n) is 2.57. The number of benzene rings is 1. The summed E-state index contributed by atoms with van der Waals surface area (Å²) in [7, 11) is 3.43. The molecule has 8 heteroatoms. The van der Waals surface area contributed by atoms with E-state index in [0.717, 1.165) is 10.4 Å². The van der Waals surface area contributed by atoms with Crippen LogP contribution in [0.2, 0.25) is 0 Å². The molecule has 0 aliphatic rings. The van der Waals surface area contributed by atoms with Gasteiger partial charge in [-0.05, 0) is 35.6 Å². The van der Waals surface area contributed by atoms with Gasteiger partial charge in [0.1, 0.15) is 0 Å². The van der Waals surface area contributed by atoms with Crippen molar-refractivity contribution in [2.45, 2.75) is 25.8 Å². The lowest BCUT2D eigenvalue weighted by molar-refractivity contribution is -0.121. The molecule has 2 amide bonds. The highest BCUT2D eigenvalue weighted by atomic mass is 32.1. The van der Waals surface area contributed by atoms with Crippen LogP contribution in [0.1, 0.15) is 34.7 Å². The van der Waals surface area contributed by atoms with E-state index in [2.05, 4.69) is 15.5 Å². The molecular formula is C20H22N4O3S. The number of aryl methyl sites for hydroxylation is 1. The van der Waals surface area contributed by atoms with E-state index in [1.807, 2.05) is 29.6 Å². The van der Waals surface area contributed by atoms with Crippen molar-refractivity contribution in [3.8, 4) is 10.7 Å². The average Bonchev–Trinajstić information content (AvgIpc) is 3.38. The number of carbonyl (C=O) groups excluding carboxylic acids is 2. The lowest BCUT2D eigenvalue weighted by Crippen LogP contribution is -2.23. The van der Waals surface area contributed by atoms with Crippen LogP contribution in [0.4, 0.5) is 0 Å². The molecule has 0 unspecified atom stereocenters. The van der Waals surface area contributed by atoms with Crippen LogP contribution in [0.3, 0.4) is 0 Å². The first-order chi connectivity index (χ1) is 13.5. The quantitative estimate of drug-likeness (QED) is 0.630. The molecule has 3 rings (SSSR count). The van der Waals surface area contributed by atoms with Gasteiger partial charge in [-0.3, -0.25) is 9.59 Å². The first kappa shape index (κ1) is 19.8. The van der Waals surface area contributed by atoms with Gasteiger partial charge in [0.15, 0.2) is 0 Å². The zero-order valence-corrected chi connectivity index (χ0v) is 16.7. The third-order valence-corrected chi connectivity index (χ3v) is 4.97. The summed E-state index contributed by atoms with van der Waals surface area (Å²) >= 11 is 1.56. The highest BCUT2D eigenvalue weighted by molar-refractivity contribution is 7.13. The van der Waals surface area contributed by atoms with Crippen molar-refractivity contribution in [2.24, 2.45) is 0 Å². The normalized spacial score (nSPS) is 10.6. The van der Waals surface area contributed by atoms with Gasteiger partial charge in [-0.15, -0.1) is 11.3 Å². The minimum atomic E-state index is -0.0427. The maximum atomic E-state index is 12.0. The Morgan fingerprint density at radius 3 is 2.64 bits per heavy atom. The largest absolute Gasteiger partial charge is 0.352 e.